The second-order valence-corrected chi connectivity index (χ2v) is 7.18. The van der Waals surface area contributed by atoms with Crippen LogP contribution in [0.15, 0.2) is 48.7 Å². The maximum atomic E-state index is 13.7. The number of nitrogens with zero attached hydrogens (tertiary/aromatic N) is 2. The van der Waals surface area contributed by atoms with Crippen LogP contribution in [0.2, 0.25) is 0 Å². The zero-order chi connectivity index (χ0) is 20.2. The van der Waals surface area contributed by atoms with Gasteiger partial charge in [-0.25, -0.2) is 4.98 Å². The molecule has 0 aliphatic carbocycles. The molecule has 2 aromatic carbocycles. The quantitative estimate of drug-likeness (QED) is 0.719. The highest BCUT2D eigenvalue weighted by molar-refractivity contribution is 6.28. The molecular weight excluding hydrogens is 381 g/mol. The number of para-hydroxylation sites is 1. The summed E-state index contributed by atoms with van der Waals surface area (Å²) in [5.41, 5.74) is 1.94. The van der Waals surface area contributed by atoms with Crippen molar-refractivity contribution in [2.45, 2.75) is 6.18 Å². The van der Waals surface area contributed by atoms with Gasteiger partial charge in [0.1, 0.15) is 11.3 Å². The number of hydrogen-bond acceptors (Lipinski definition) is 3. The number of amides is 1. The summed E-state index contributed by atoms with van der Waals surface area (Å²) in [6.07, 6.45) is -2.89. The number of nitrogens with one attached hydrogen (secondary N) is 2. The van der Waals surface area contributed by atoms with E-state index in [2.05, 4.69) is 10.3 Å². The molecule has 2 N–H and O–H groups in total. The summed E-state index contributed by atoms with van der Waals surface area (Å²) in [6, 6.07) is 11.3. The molecule has 2 aliphatic rings. The number of halogens is 3. The highest BCUT2D eigenvalue weighted by atomic mass is 19.4. The molecule has 1 fully saturated rings. The van der Waals surface area contributed by atoms with Gasteiger partial charge in [0.2, 0.25) is 5.52 Å². The summed E-state index contributed by atoms with van der Waals surface area (Å²) in [6.45, 7) is 2.64. The summed E-state index contributed by atoms with van der Waals surface area (Å²) in [7, 11) is 0. The second-order valence-electron chi connectivity index (χ2n) is 7.18. The number of piperazine rings is 1. The molecule has 2 aliphatic heterocycles. The number of hydrogen-bond donors (Lipinski definition) is 1. The number of fused-ring (bicyclic) bond motifs is 3. The Morgan fingerprint density at radius 1 is 1.03 bits per heavy atom. The third-order valence-corrected chi connectivity index (χ3v) is 5.45. The second kappa shape index (κ2) is 6.45. The van der Waals surface area contributed by atoms with Crippen LogP contribution in [0.4, 0.5) is 30.2 Å². The van der Waals surface area contributed by atoms with Gasteiger partial charge in [0.05, 0.1) is 16.6 Å². The van der Waals surface area contributed by atoms with Crippen molar-refractivity contribution in [3.05, 3.63) is 59.8 Å². The van der Waals surface area contributed by atoms with Crippen LogP contribution in [0.1, 0.15) is 15.9 Å². The predicted molar refractivity (Wildman–Crippen MR) is 103 cm³/mol. The molecule has 1 amide bonds. The first-order chi connectivity index (χ1) is 13.9. The Balaban J connectivity index is 1.76. The highest BCUT2D eigenvalue weighted by Gasteiger charge is 2.41. The van der Waals surface area contributed by atoms with Gasteiger partial charge in [-0.15, -0.1) is 0 Å². The Bertz CT molecular complexity index is 1110. The van der Waals surface area contributed by atoms with E-state index in [1.807, 2.05) is 11.0 Å². The lowest BCUT2D eigenvalue weighted by Crippen LogP contribution is -2.44. The molecule has 0 atom stereocenters. The van der Waals surface area contributed by atoms with Gasteiger partial charge in [0, 0.05) is 31.9 Å². The number of H-pyrrole nitrogens is 1. The van der Waals surface area contributed by atoms with Crippen LogP contribution in [-0.4, -0.2) is 32.1 Å². The zero-order valence-electron chi connectivity index (χ0n) is 15.4. The standard InChI is InChI=1S/C21H17F3N4O/c22-21(23,24)13-10-15-18(17(11-13)27-8-6-25-7-9-27)26-12-16-19(15)28(20(16)29)14-4-2-1-3-5-14/h1-5,10-12,25H,6-9H2/p+1. The molecule has 148 valence electrons. The number of carbonyl (C=O) groups is 1. The maximum Gasteiger partial charge on any atom is 0.416 e. The first-order valence-electron chi connectivity index (χ1n) is 9.40. The minimum Gasteiger partial charge on any atom is -0.364 e. The van der Waals surface area contributed by atoms with E-state index >= 15 is 0 Å². The summed E-state index contributed by atoms with van der Waals surface area (Å²) in [4.78, 5) is 19.1. The number of aromatic nitrogens is 1. The molecule has 0 spiro atoms. The first kappa shape index (κ1) is 17.9. The van der Waals surface area contributed by atoms with Gasteiger partial charge in [-0.1, -0.05) is 18.2 Å². The fraction of sp³-hybridized carbons (Fsp3) is 0.238. The zero-order valence-corrected chi connectivity index (χ0v) is 15.4. The average molecular weight is 399 g/mol. The average Bonchev–Trinajstić information content (AvgIpc) is 2.73. The SMILES string of the molecule is O=C1c2c[nH+]c3c(N4CCNCC4)cc(C(F)(F)F)cc3c2N1c1ccccc1. The minimum atomic E-state index is -4.48. The Hall–Kier alpha value is -3.13. The van der Waals surface area contributed by atoms with Crippen molar-refractivity contribution in [2.75, 3.05) is 36.0 Å². The minimum absolute atomic E-state index is 0.231. The lowest BCUT2D eigenvalue weighted by molar-refractivity contribution is -0.344. The van der Waals surface area contributed by atoms with Gasteiger partial charge in [-0.05, 0) is 24.3 Å². The molecule has 5 rings (SSSR count). The van der Waals surface area contributed by atoms with Gasteiger partial charge < -0.3 is 10.2 Å². The normalized spacial score (nSPS) is 16.7. The molecule has 0 radical (unpaired) electrons. The summed E-state index contributed by atoms with van der Waals surface area (Å²) in [5, 5.41) is 3.61. The molecule has 0 bridgehead atoms. The molecule has 0 saturated carbocycles. The molecule has 8 heteroatoms. The molecule has 3 heterocycles. The van der Waals surface area contributed by atoms with E-state index in [0.29, 0.717) is 59.7 Å². The topological polar surface area (TPSA) is 49.7 Å². The van der Waals surface area contributed by atoms with Crippen molar-refractivity contribution in [1.82, 2.24) is 5.32 Å². The van der Waals surface area contributed by atoms with E-state index in [9.17, 15) is 18.0 Å². The fourth-order valence-electron chi connectivity index (χ4n) is 4.04. The number of carbonyl (C=O) groups excluding carboxylic acids is 1. The largest absolute Gasteiger partial charge is 0.416 e. The number of pyridine rings is 1. The number of benzene rings is 2. The molecular formula is C21H18F3N4O+. The fourth-order valence-corrected chi connectivity index (χ4v) is 4.04. The van der Waals surface area contributed by atoms with Crippen LogP contribution < -0.4 is 20.1 Å². The monoisotopic (exact) mass is 399 g/mol. The summed E-state index contributed by atoms with van der Waals surface area (Å²) in [5.74, 6) is -0.231. The maximum absolute atomic E-state index is 13.7. The van der Waals surface area contributed by atoms with E-state index < -0.39 is 11.7 Å². The van der Waals surface area contributed by atoms with Crippen LogP contribution in [0.3, 0.4) is 0 Å². The van der Waals surface area contributed by atoms with E-state index in [1.165, 1.54) is 11.0 Å². The lowest BCUT2D eigenvalue weighted by atomic mass is 9.96. The number of alkyl halides is 3. The molecule has 0 unspecified atom stereocenters. The van der Waals surface area contributed by atoms with Crippen molar-refractivity contribution < 1.29 is 22.9 Å². The Kier molecular flexibility index (Phi) is 3.99. The summed E-state index contributed by atoms with van der Waals surface area (Å²) >= 11 is 0. The molecule has 29 heavy (non-hydrogen) atoms. The van der Waals surface area contributed by atoms with Gasteiger partial charge >= 0.3 is 6.18 Å². The number of rotatable bonds is 2. The molecule has 5 nitrogen and oxygen atoms in total. The predicted octanol–water partition coefficient (Wildman–Crippen LogP) is 3.37. The Labute approximate surface area is 164 Å². The Morgan fingerprint density at radius 3 is 2.45 bits per heavy atom. The smallest absolute Gasteiger partial charge is 0.364 e. The Morgan fingerprint density at radius 2 is 1.76 bits per heavy atom. The first-order valence-corrected chi connectivity index (χ1v) is 9.40. The van der Waals surface area contributed by atoms with Crippen LogP contribution in [-0.2, 0) is 6.18 Å². The number of anilines is 3. The van der Waals surface area contributed by atoms with Crippen molar-refractivity contribution in [1.29, 1.82) is 0 Å². The number of aromatic amines is 1. The van der Waals surface area contributed by atoms with Crippen LogP contribution in [0.25, 0.3) is 10.9 Å². The van der Waals surface area contributed by atoms with E-state index in [4.69, 9.17) is 0 Å². The van der Waals surface area contributed by atoms with Crippen molar-refractivity contribution in [3.63, 3.8) is 0 Å². The third kappa shape index (κ3) is 2.82. The highest BCUT2D eigenvalue weighted by Crippen LogP contribution is 2.46. The van der Waals surface area contributed by atoms with E-state index in [1.54, 1.807) is 30.5 Å². The van der Waals surface area contributed by atoms with Gasteiger partial charge in [0.15, 0.2) is 6.20 Å². The van der Waals surface area contributed by atoms with Crippen molar-refractivity contribution >= 4 is 33.9 Å². The van der Waals surface area contributed by atoms with Crippen LogP contribution in [0, 0.1) is 0 Å². The van der Waals surface area contributed by atoms with Crippen molar-refractivity contribution in [2.24, 2.45) is 0 Å². The third-order valence-electron chi connectivity index (χ3n) is 5.45. The summed E-state index contributed by atoms with van der Waals surface area (Å²) < 4.78 is 41.1. The molecule has 1 saturated heterocycles. The van der Waals surface area contributed by atoms with Crippen LogP contribution >= 0.6 is 0 Å². The molecule has 1 aromatic heterocycles. The van der Waals surface area contributed by atoms with Gasteiger partial charge in [-0.3, -0.25) is 9.69 Å². The molecule has 3 aromatic rings. The van der Waals surface area contributed by atoms with Gasteiger partial charge in [-0.2, -0.15) is 13.2 Å². The van der Waals surface area contributed by atoms with Crippen LogP contribution in [0.5, 0.6) is 0 Å². The van der Waals surface area contributed by atoms with Crippen molar-refractivity contribution in [3.8, 4) is 0 Å². The van der Waals surface area contributed by atoms with E-state index in [0.717, 1.165) is 6.07 Å². The van der Waals surface area contributed by atoms with E-state index in [-0.39, 0.29) is 5.91 Å². The lowest BCUT2D eigenvalue weighted by Gasteiger charge is -2.34. The van der Waals surface area contributed by atoms with Gasteiger partial charge in [0.25, 0.3) is 5.91 Å².